The SMILES string of the molecule is CCCCC1C(Br)COC1C. The Labute approximate surface area is 77.6 Å². The summed E-state index contributed by atoms with van der Waals surface area (Å²) in [5.74, 6) is 0.745. The van der Waals surface area contributed by atoms with E-state index in [1.165, 1.54) is 19.3 Å². The molecule has 0 aromatic rings. The zero-order valence-electron chi connectivity index (χ0n) is 7.35. The Hall–Kier alpha value is 0.440. The van der Waals surface area contributed by atoms with Gasteiger partial charge in [-0.05, 0) is 19.3 Å². The molecule has 0 saturated carbocycles. The molecule has 3 unspecified atom stereocenters. The fourth-order valence-electron chi connectivity index (χ4n) is 1.64. The molecule has 1 nitrogen and oxygen atoms in total. The Morgan fingerprint density at radius 2 is 2.27 bits per heavy atom. The van der Waals surface area contributed by atoms with Gasteiger partial charge in [0, 0.05) is 4.83 Å². The number of rotatable bonds is 3. The molecule has 0 aromatic heterocycles. The first-order valence-corrected chi connectivity index (χ1v) is 5.43. The third-order valence-corrected chi connectivity index (χ3v) is 3.42. The summed E-state index contributed by atoms with van der Waals surface area (Å²) in [4.78, 5) is 0.601. The van der Waals surface area contributed by atoms with Gasteiger partial charge in [-0.3, -0.25) is 0 Å². The molecule has 3 atom stereocenters. The highest BCUT2D eigenvalue weighted by molar-refractivity contribution is 9.09. The van der Waals surface area contributed by atoms with Crippen molar-refractivity contribution < 1.29 is 4.74 Å². The van der Waals surface area contributed by atoms with Crippen molar-refractivity contribution in [3.63, 3.8) is 0 Å². The van der Waals surface area contributed by atoms with E-state index in [1.807, 2.05) is 0 Å². The molecule has 1 saturated heterocycles. The highest BCUT2D eigenvalue weighted by Gasteiger charge is 2.31. The molecule has 1 fully saturated rings. The normalized spacial score (nSPS) is 37.9. The minimum Gasteiger partial charge on any atom is -0.377 e. The molecule has 1 aliphatic rings. The van der Waals surface area contributed by atoms with Gasteiger partial charge < -0.3 is 4.74 Å². The Bertz CT molecular complexity index is 106. The van der Waals surface area contributed by atoms with Crippen LogP contribution in [0.2, 0.25) is 0 Å². The average molecular weight is 221 g/mol. The molecule has 0 aromatic carbocycles. The van der Waals surface area contributed by atoms with Gasteiger partial charge in [-0.25, -0.2) is 0 Å². The van der Waals surface area contributed by atoms with Crippen molar-refractivity contribution in [3.05, 3.63) is 0 Å². The molecule has 0 radical (unpaired) electrons. The van der Waals surface area contributed by atoms with Gasteiger partial charge in [0.1, 0.15) is 0 Å². The fraction of sp³-hybridized carbons (Fsp3) is 1.00. The maximum Gasteiger partial charge on any atom is 0.0598 e. The summed E-state index contributed by atoms with van der Waals surface area (Å²) in [5.41, 5.74) is 0. The first-order chi connectivity index (χ1) is 5.25. The summed E-state index contributed by atoms with van der Waals surface area (Å²) < 4.78 is 5.53. The molecular weight excluding hydrogens is 204 g/mol. The topological polar surface area (TPSA) is 9.23 Å². The van der Waals surface area contributed by atoms with Crippen molar-refractivity contribution in [1.29, 1.82) is 0 Å². The summed E-state index contributed by atoms with van der Waals surface area (Å²) >= 11 is 3.65. The third kappa shape index (κ3) is 2.45. The van der Waals surface area contributed by atoms with Gasteiger partial charge in [-0.2, -0.15) is 0 Å². The summed E-state index contributed by atoms with van der Waals surface area (Å²) in [7, 11) is 0. The average Bonchev–Trinajstić information content (AvgIpc) is 2.29. The van der Waals surface area contributed by atoms with E-state index in [4.69, 9.17) is 4.74 Å². The van der Waals surface area contributed by atoms with Crippen molar-refractivity contribution in [1.82, 2.24) is 0 Å². The van der Waals surface area contributed by atoms with E-state index in [0.29, 0.717) is 10.9 Å². The fourth-order valence-corrected chi connectivity index (χ4v) is 2.49. The summed E-state index contributed by atoms with van der Waals surface area (Å²) in [6, 6.07) is 0. The van der Waals surface area contributed by atoms with E-state index in [0.717, 1.165) is 12.5 Å². The standard InChI is InChI=1S/C9H17BrO/c1-3-4-5-8-7(2)11-6-9(8)10/h7-9H,3-6H2,1-2H3. The van der Waals surface area contributed by atoms with Crippen molar-refractivity contribution in [2.75, 3.05) is 6.61 Å². The molecule has 0 aliphatic carbocycles. The summed E-state index contributed by atoms with van der Waals surface area (Å²) in [5, 5.41) is 0. The van der Waals surface area contributed by atoms with Crippen LogP contribution in [0, 0.1) is 5.92 Å². The Morgan fingerprint density at radius 1 is 1.55 bits per heavy atom. The highest BCUT2D eigenvalue weighted by Crippen LogP contribution is 2.30. The van der Waals surface area contributed by atoms with Crippen LogP contribution in [0.15, 0.2) is 0 Å². The minimum atomic E-state index is 0.464. The lowest BCUT2D eigenvalue weighted by molar-refractivity contribution is 0.103. The first-order valence-electron chi connectivity index (χ1n) is 4.51. The van der Waals surface area contributed by atoms with Gasteiger partial charge in [0.15, 0.2) is 0 Å². The Kier molecular flexibility index (Phi) is 3.86. The molecule has 0 amide bonds. The van der Waals surface area contributed by atoms with Crippen LogP contribution in [0.1, 0.15) is 33.1 Å². The molecule has 0 bridgehead atoms. The van der Waals surface area contributed by atoms with Crippen molar-refractivity contribution in [2.45, 2.75) is 44.0 Å². The van der Waals surface area contributed by atoms with Gasteiger partial charge in [0.2, 0.25) is 0 Å². The second-order valence-electron chi connectivity index (χ2n) is 3.36. The predicted octanol–water partition coefficient (Wildman–Crippen LogP) is 2.98. The number of unbranched alkanes of at least 4 members (excludes halogenated alkanes) is 1. The Balaban J connectivity index is 2.29. The molecule has 1 rings (SSSR count). The van der Waals surface area contributed by atoms with Gasteiger partial charge in [0.25, 0.3) is 0 Å². The maximum absolute atomic E-state index is 5.53. The maximum atomic E-state index is 5.53. The monoisotopic (exact) mass is 220 g/mol. The summed E-state index contributed by atoms with van der Waals surface area (Å²) in [6.45, 7) is 5.32. The van der Waals surface area contributed by atoms with E-state index >= 15 is 0 Å². The van der Waals surface area contributed by atoms with Crippen LogP contribution in [-0.2, 0) is 4.74 Å². The van der Waals surface area contributed by atoms with E-state index in [-0.39, 0.29) is 0 Å². The van der Waals surface area contributed by atoms with Gasteiger partial charge in [-0.1, -0.05) is 35.7 Å². The number of ether oxygens (including phenoxy) is 1. The number of halogens is 1. The first kappa shape index (κ1) is 9.53. The van der Waals surface area contributed by atoms with Crippen LogP contribution in [0.25, 0.3) is 0 Å². The van der Waals surface area contributed by atoms with Crippen LogP contribution in [-0.4, -0.2) is 17.5 Å². The summed E-state index contributed by atoms with van der Waals surface area (Å²) in [6.07, 6.45) is 4.41. The Morgan fingerprint density at radius 3 is 2.73 bits per heavy atom. The smallest absolute Gasteiger partial charge is 0.0598 e. The van der Waals surface area contributed by atoms with Crippen LogP contribution < -0.4 is 0 Å². The molecule has 0 N–H and O–H groups in total. The second-order valence-corrected chi connectivity index (χ2v) is 4.54. The third-order valence-electron chi connectivity index (χ3n) is 2.48. The van der Waals surface area contributed by atoms with E-state index in [9.17, 15) is 0 Å². The lowest BCUT2D eigenvalue weighted by Crippen LogP contribution is -2.17. The van der Waals surface area contributed by atoms with Crippen molar-refractivity contribution >= 4 is 15.9 Å². The van der Waals surface area contributed by atoms with Gasteiger partial charge >= 0.3 is 0 Å². The quantitative estimate of drug-likeness (QED) is 0.665. The molecule has 1 heterocycles. The molecule has 11 heavy (non-hydrogen) atoms. The van der Waals surface area contributed by atoms with Crippen LogP contribution in [0.5, 0.6) is 0 Å². The van der Waals surface area contributed by atoms with Crippen molar-refractivity contribution in [3.8, 4) is 0 Å². The molecule has 2 heteroatoms. The zero-order chi connectivity index (χ0) is 8.27. The highest BCUT2D eigenvalue weighted by atomic mass is 79.9. The molecule has 0 spiro atoms. The van der Waals surface area contributed by atoms with E-state index in [1.54, 1.807) is 0 Å². The largest absolute Gasteiger partial charge is 0.377 e. The van der Waals surface area contributed by atoms with Crippen LogP contribution in [0.4, 0.5) is 0 Å². The van der Waals surface area contributed by atoms with Crippen molar-refractivity contribution in [2.24, 2.45) is 5.92 Å². The lowest BCUT2D eigenvalue weighted by atomic mass is 9.96. The second kappa shape index (κ2) is 4.46. The van der Waals surface area contributed by atoms with E-state index in [2.05, 4.69) is 29.8 Å². The lowest BCUT2D eigenvalue weighted by Gasteiger charge is -2.15. The zero-order valence-corrected chi connectivity index (χ0v) is 8.93. The predicted molar refractivity (Wildman–Crippen MR) is 51.1 cm³/mol. The van der Waals surface area contributed by atoms with Crippen LogP contribution >= 0.6 is 15.9 Å². The molecule has 1 aliphatic heterocycles. The van der Waals surface area contributed by atoms with E-state index < -0.39 is 0 Å². The van der Waals surface area contributed by atoms with Crippen LogP contribution in [0.3, 0.4) is 0 Å². The van der Waals surface area contributed by atoms with Gasteiger partial charge in [-0.15, -0.1) is 0 Å². The number of alkyl halides is 1. The molecule has 66 valence electrons. The van der Waals surface area contributed by atoms with Gasteiger partial charge in [0.05, 0.1) is 12.7 Å². The molecular formula is C9H17BrO. The number of hydrogen-bond acceptors (Lipinski definition) is 1. The number of hydrogen-bond donors (Lipinski definition) is 0. The minimum absolute atomic E-state index is 0.464.